The van der Waals surface area contributed by atoms with E-state index in [0.717, 1.165) is 11.6 Å². The topological polar surface area (TPSA) is 98.8 Å². The number of halogens is 4. The highest BCUT2D eigenvalue weighted by atomic mass is 35.6. The van der Waals surface area contributed by atoms with Crippen molar-refractivity contribution in [2.45, 2.75) is 16.8 Å². The standard InChI is InChI=1S/C9H10ClNO2.C3Cl3NO2/c1-6(13-9(11)12)7-3-2-4-8(10)5-7;4-3(5,6)2(9)7-1-8/h2-6H,1H3,(H2,11,12);. The average Bonchev–Trinajstić information content (AvgIpc) is 2.38. The van der Waals surface area contributed by atoms with E-state index in [2.05, 4.69) is 4.99 Å². The summed E-state index contributed by atoms with van der Waals surface area (Å²) in [6.45, 7) is 1.73. The largest absolute Gasteiger partial charge is 0.442 e. The van der Waals surface area contributed by atoms with Gasteiger partial charge >= 0.3 is 12.0 Å². The van der Waals surface area contributed by atoms with E-state index in [0.29, 0.717) is 5.02 Å². The van der Waals surface area contributed by atoms with E-state index in [9.17, 15) is 14.4 Å². The Hall–Kier alpha value is -1.30. The fraction of sp³-hybridized carbons (Fsp3) is 0.250. The molecular weight excluding hydrogens is 378 g/mol. The Morgan fingerprint density at radius 2 is 1.95 bits per heavy atom. The summed E-state index contributed by atoms with van der Waals surface area (Å²) in [5.41, 5.74) is 5.70. The predicted octanol–water partition coefficient (Wildman–Crippen LogP) is 3.72. The number of amides is 2. The Balaban J connectivity index is 0.000000433. The first-order chi connectivity index (χ1) is 10.1. The summed E-state index contributed by atoms with van der Waals surface area (Å²) in [5, 5.41) is 0.609. The predicted molar refractivity (Wildman–Crippen MR) is 84.0 cm³/mol. The van der Waals surface area contributed by atoms with Gasteiger partial charge in [-0.3, -0.25) is 4.79 Å². The zero-order chi connectivity index (χ0) is 17.3. The molecule has 1 atom stereocenters. The Bertz CT molecular complexity index is 583. The van der Waals surface area contributed by atoms with E-state index < -0.39 is 15.8 Å². The van der Waals surface area contributed by atoms with Crippen LogP contribution >= 0.6 is 46.4 Å². The molecule has 0 aliphatic rings. The van der Waals surface area contributed by atoms with Gasteiger partial charge in [0.25, 0.3) is 3.79 Å². The van der Waals surface area contributed by atoms with Crippen LogP contribution in [0, 0.1) is 0 Å². The van der Waals surface area contributed by atoms with Gasteiger partial charge < -0.3 is 10.5 Å². The minimum Gasteiger partial charge on any atom is -0.442 e. The van der Waals surface area contributed by atoms with Gasteiger partial charge in [-0.1, -0.05) is 58.5 Å². The zero-order valence-electron chi connectivity index (χ0n) is 11.1. The Labute approximate surface area is 146 Å². The summed E-state index contributed by atoms with van der Waals surface area (Å²) in [6.07, 6.45) is -0.203. The lowest BCUT2D eigenvalue weighted by molar-refractivity contribution is -0.116. The molecule has 0 aliphatic carbocycles. The van der Waals surface area contributed by atoms with Gasteiger partial charge in [0.15, 0.2) is 0 Å². The number of hydrogen-bond acceptors (Lipinski definition) is 4. The van der Waals surface area contributed by atoms with Crippen molar-refractivity contribution in [3.8, 4) is 0 Å². The van der Waals surface area contributed by atoms with Crippen LogP contribution in [0.2, 0.25) is 5.02 Å². The first kappa shape index (κ1) is 20.7. The molecule has 1 unspecified atom stereocenters. The number of hydrogen-bond donors (Lipinski definition) is 1. The molecule has 120 valence electrons. The molecule has 10 heteroatoms. The lowest BCUT2D eigenvalue weighted by Crippen LogP contribution is -2.15. The number of nitrogens with two attached hydrogens (primary N) is 1. The van der Waals surface area contributed by atoms with E-state index in [4.69, 9.17) is 56.9 Å². The molecule has 0 bridgehead atoms. The highest BCUT2D eigenvalue weighted by Gasteiger charge is 2.30. The molecule has 0 radical (unpaired) electrons. The number of rotatable bonds is 2. The van der Waals surface area contributed by atoms with Gasteiger partial charge in [0.1, 0.15) is 6.10 Å². The quantitative estimate of drug-likeness (QED) is 0.474. The van der Waals surface area contributed by atoms with Crippen molar-refractivity contribution in [1.29, 1.82) is 0 Å². The van der Waals surface area contributed by atoms with Crippen molar-refractivity contribution >= 4 is 64.5 Å². The monoisotopic (exact) mass is 386 g/mol. The third kappa shape index (κ3) is 8.87. The van der Waals surface area contributed by atoms with E-state index in [-0.39, 0.29) is 6.10 Å². The maximum Gasteiger partial charge on any atom is 0.405 e. The summed E-state index contributed by atoms with van der Waals surface area (Å²) >= 11 is 20.7. The first-order valence-corrected chi connectivity index (χ1v) is 6.99. The van der Waals surface area contributed by atoms with E-state index >= 15 is 0 Å². The Morgan fingerprint density at radius 1 is 1.36 bits per heavy atom. The van der Waals surface area contributed by atoms with Crippen LogP contribution in [-0.2, 0) is 14.3 Å². The van der Waals surface area contributed by atoms with Crippen LogP contribution in [-0.4, -0.2) is 21.9 Å². The molecule has 0 fully saturated rings. The third-order valence-electron chi connectivity index (χ3n) is 2.00. The highest BCUT2D eigenvalue weighted by molar-refractivity contribution is 6.76. The maximum absolute atomic E-state index is 10.4. The van der Waals surface area contributed by atoms with Crippen molar-refractivity contribution in [2.24, 2.45) is 10.7 Å². The van der Waals surface area contributed by atoms with Gasteiger partial charge in [0.05, 0.1) is 0 Å². The van der Waals surface area contributed by atoms with Crippen LogP contribution < -0.4 is 5.73 Å². The molecule has 0 spiro atoms. The summed E-state index contributed by atoms with van der Waals surface area (Å²) in [4.78, 5) is 32.6. The van der Waals surface area contributed by atoms with Crippen LogP contribution in [0.4, 0.5) is 4.79 Å². The number of benzene rings is 1. The number of aliphatic imine (C=N–C) groups is 1. The summed E-state index contributed by atoms with van der Waals surface area (Å²) in [7, 11) is 0. The lowest BCUT2D eigenvalue weighted by atomic mass is 10.1. The number of alkyl halides is 3. The van der Waals surface area contributed by atoms with Crippen molar-refractivity contribution < 1.29 is 19.1 Å². The summed E-state index contributed by atoms with van der Waals surface area (Å²) in [5.74, 6) is -1.14. The molecular formula is C12H10Cl4N2O4. The van der Waals surface area contributed by atoms with E-state index in [1.807, 2.05) is 6.07 Å². The molecule has 0 saturated heterocycles. The number of carbonyl (C=O) groups is 2. The number of ether oxygens (including phenoxy) is 1. The normalized spacial score (nSPS) is 11.3. The molecule has 1 aromatic carbocycles. The molecule has 0 saturated carbocycles. The molecule has 22 heavy (non-hydrogen) atoms. The van der Waals surface area contributed by atoms with Gasteiger partial charge in [0, 0.05) is 5.02 Å². The molecule has 0 aromatic heterocycles. The number of isocyanates is 1. The lowest BCUT2D eigenvalue weighted by Gasteiger charge is -2.11. The molecule has 2 N–H and O–H groups in total. The number of primary amides is 1. The van der Waals surface area contributed by atoms with Gasteiger partial charge in [-0.25, -0.2) is 9.59 Å². The van der Waals surface area contributed by atoms with Gasteiger partial charge in [-0.05, 0) is 24.6 Å². The van der Waals surface area contributed by atoms with Crippen LogP contribution in [0.25, 0.3) is 0 Å². The van der Waals surface area contributed by atoms with Crippen LogP contribution in [0.15, 0.2) is 29.3 Å². The molecule has 0 heterocycles. The fourth-order valence-electron chi connectivity index (χ4n) is 1.11. The van der Waals surface area contributed by atoms with Crippen LogP contribution in [0.5, 0.6) is 0 Å². The first-order valence-electron chi connectivity index (χ1n) is 5.48. The third-order valence-corrected chi connectivity index (χ3v) is 2.72. The summed E-state index contributed by atoms with van der Waals surface area (Å²) < 4.78 is 2.63. The highest BCUT2D eigenvalue weighted by Crippen LogP contribution is 2.27. The van der Waals surface area contributed by atoms with E-state index in [1.54, 1.807) is 25.1 Å². The van der Waals surface area contributed by atoms with Gasteiger partial charge in [-0.15, -0.1) is 4.99 Å². The molecule has 6 nitrogen and oxygen atoms in total. The minimum atomic E-state index is -2.14. The van der Waals surface area contributed by atoms with Crippen LogP contribution in [0.1, 0.15) is 18.6 Å². The Morgan fingerprint density at radius 3 is 2.32 bits per heavy atom. The number of carbonyl (C=O) groups excluding carboxylic acids is 3. The van der Waals surface area contributed by atoms with Crippen molar-refractivity contribution in [3.05, 3.63) is 34.9 Å². The van der Waals surface area contributed by atoms with Crippen molar-refractivity contribution in [2.75, 3.05) is 0 Å². The zero-order valence-corrected chi connectivity index (χ0v) is 14.1. The van der Waals surface area contributed by atoms with Crippen molar-refractivity contribution in [3.63, 3.8) is 0 Å². The fourth-order valence-corrected chi connectivity index (χ4v) is 1.43. The van der Waals surface area contributed by atoms with E-state index in [1.165, 1.54) is 0 Å². The minimum absolute atomic E-state index is 0.365. The number of nitrogens with zero attached hydrogens (tertiary/aromatic N) is 1. The second kappa shape index (κ2) is 9.66. The molecule has 1 rings (SSSR count). The van der Waals surface area contributed by atoms with Crippen LogP contribution in [0.3, 0.4) is 0 Å². The second-order valence-corrected chi connectivity index (χ2v) is 6.36. The van der Waals surface area contributed by atoms with Gasteiger partial charge in [-0.2, -0.15) is 0 Å². The summed E-state index contributed by atoms with van der Waals surface area (Å²) in [6, 6.07) is 7.09. The second-order valence-electron chi connectivity index (χ2n) is 3.64. The molecule has 2 amide bonds. The van der Waals surface area contributed by atoms with Crippen molar-refractivity contribution in [1.82, 2.24) is 0 Å². The maximum atomic E-state index is 10.4. The molecule has 0 aliphatic heterocycles. The van der Waals surface area contributed by atoms with Gasteiger partial charge in [0.2, 0.25) is 6.08 Å². The SMILES string of the molecule is CC(OC(N)=O)c1cccc(Cl)c1.O=C=NC(=O)C(Cl)(Cl)Cl. The molecule has 1 aromatic rings. The smallest absolute Gasteiger partial charge is 0.405 e. The Kier molecular flexibility index (Phi) is 9.09. The average molecular weight is 388 g/mol.